The van der Waals surface area contributed by atoms with Crippen LogP contribution < -0.4 is 0 Å². The van der Waals surface area contributed by atoms with E-state index in [1.54, 1.807) is 0 Å². The van der Waals surface area contributed by atoms with Crippen LogP contribution in [0.5, 0.6) is 0 Å². The quantitative estimate of drug-likeness (QED) is 0.659. The van der Waals surface area contributed by atoms with Crippen molar-refractivity contribution < 1.29 is 9.16 Å². The van der Waals surface area contributed by atoms with Gasteiger partial charge in [0.05, 0.1) is 19.3 Å². The van der Waals surface area contributed by atoms with E-state index < -0.39 is 8.32 Å². The maximum absolute atomic E-state index is 6.40. The third-order valence-corrected chi connectivity index (χ3v) is 8.67. The number of hydrogen-bond acceptors (Lipinski definition) is 2. The molecular weight excluding hydrogens is 264 g/mol. The van der Waals surface area contributed by atoms with Crippen LogP contribution >= 0.6 is 0 Å². The highest BCUT2D eigenvalue weighted by molar-refractivity contribution is 6.74. The van der Waals surface area contributed by atoms with E-state index in [1.165, 1.54) is 5.56 Å². The van der Waals surface area contributed by atoms with Gasteiger partial charge in [0.15, 0.2) is 8.32 Å². The van der Waals surface area contributed by atoms with Gasteiger partial charge in [-0.25, -0.2) is 0 Å². The number of hydrogen-bond donors (Lipinski definition) is 0. The van der Waals surface area contributed by atoms with Gasteiger partial charge in [-0.2, -0.15) is 0 Å². The number of ether oxygens (including phenoxy) is 1. The molecule has 0 bridgehead atoms. The lowest BCUT2D eigenvalue weighted by Crippen LogP contribution is -2.44. The van der Waals surface area contributed by atoms with Gasteiger partial charge >= 0.3 is 0 Å². The second-order valence-electron chi connectivity index (χ2n) is 6.91. The van der Waals surface area contributed by atoms with Gasteiger partial charge < -0.3 is 9.16 Å². The summed E-state index contributed by atoms with van der Waals surface area (Å²) < 4.78 is 12.2. The van der Waals surface area contributed by atoms with Gasteiger partial charge in [0, 0.05) is 0 Å². The monoisotopic (exact) mass is 294 g/mol. The zero-order valence-corrected chi connectivity index (χ0v) is 14.9. The fourth-order valence-corrected chi connectivity index (χ4v) is 3.13. The van der Waals surface area contributed by atoms with Crippen LogP contribution in [0.4, 0.5) is 0 Å². The summed E-state index contributed by atoms with van der Waals surface area (Å²) in [6.07, 6.45) is 1.21. The fraction of sp³-hybridized carbons (Fsp3) is 0.647. The summed E-state index contributed by atoms with van der Waals surface area (Å²) in [4.78, 5) is 0. The molecule has 0 saturated heterocycles. The van der Waals surface area contributed by atoms with Crippen molar-refractivity contribution >= 4 is 8.32 Å². The van der Waals surface area contributed by atoms with Crippen LogP contribution in [0.1, 0.15) is 39.7 Å². The van der Waals surface area contributed by atoms with Crippen molar-refractivity contribution in [1.29, 1.82) is 0 Å². The lowest BCUT2D eigenvalue weighted by Gasteiger charge is -2.39. The van der Waals surface area contributed by atoms with Gasteiger partial charge in [-0.3, -0.25) is 0 Å². The average molecular weight is 295 g/mol. The highest BCUT2D eigenvalue weighted by Crippen LogP contribution is 2.37. The summed E-state index contributed by atoms with van der Waals surface area (Å²) >= 11 is 0. The van der Waals surface area contributed by atoms with E-state index in [0.717, 1.165) is 6.42 Å². The molecule has 0 saturated carbocycles. The Kier molecular flexibility index (Phi) is 6.43. The van der Waals surface area contributed by atoms with Gasteiger partial charge in [-0.05, 0) is 30.1 Å². The summed E-state index contributed by atoms with van der Waals surface area (Å²) in [6, 6.07) is 10.3. The maximum Gasteiger partial charge on any atom is 0.192 e. The molecule has 2 nitrogen and oxygen atoms in total. The molecule has 1 aromatic carbocycles. The molecule has 0 spiro atoms. The molecule has 114 valence electrons. The molecule has 0 aliphatic heterocycles. The first-order valence-electron chi connectivity index (χ1n) is 7.56. The topological polar surface area (TPSA) is 18.5 Å². The van der Waals surface area contributed by atoms with Crippen LogP contribution in [0.3, 0.4) is 0 Å². The Balaban J connectivity index is 2.44. The molecule has 0 heterocycles. The van der Waals surface area contributed by atoms with E-state index in [2.05, 4.69) is 52.9 Å². The SMILES string of the molecule is CCC(COCc1ccccc1)O[Si](C)(C)C(C)(C)C. The summed E-state index contributed by atoms with van der Waals surface area (Å²) in [5, 5.41) is 0.250. The Hall–Kier alpha value is -0.643. The molecule has 0 aliphatic rings. The lowest BCUT2D eigenvalue weighted by atomic mass is 10.2. The van der Waals surface area contributed by atoms with Crippen LogP contribution in [0.25, 0.3) is 0 Å². The van der Waals surface area contributed by atoms with Crippen LogP contribution in [0, 0.1) is 0 Å². The third kappa shape index (κ3) is 5.39. The first-order chi connectivity index (χ1) is 9.26. The Bertz CT molecular complexity index is 382. The zero-order valence-electron chi connectivity index (χ0n) is 13.9. The molecule has 0 radical (unpaired) electrons. The molecule has 1 rings (SSSR count). The predicted molar refractivity (Wildman–Crippen MR) is 88.5 cm³/mol. The average Bonchev–Trinajstić information content (AvgIpc) is 2.37. The molecule has 3 heteroatoms. The largest absolute Gasteiger partial charge is 0.412 e. The smallest absolute Gasteiger partial charge is 0.192 e. The van der Waals surface area contributed by atoms with Crippen LogP contribution in [0.15, 0.2) is 30.3 Å². The van der Waals surface area contributed by atoms with Gasteiger partial charge in [-0.15, -0.1) is 0 Å². The van der Waals surface area contributed by atoms with E-state index >= 15 is 0 Å². The molecule has 0 N–H and O–H groups in total. The Morgan fingerprint density at radius 3 is 2.20 bits per heavy atom. The van der Waals surface area contributed by atoms with Crippen LogP contribution in [0.2, 0.25) is 18.1 Å². The highest BCUT2D eigenvalue weighted by Gasteiger charge is 2.38. The molecule has 0 aromatic heterocycles. The highest BCUT2D eigenvalue weighted by atomic mass is 28.4. The van der Waals surface area contributed by atoms with Gasteiger partial charge in [-0.1, -0.05) is 58.0 Å². The van der Waals surface area contributed by atoms with Crippen molar-refractivity contribution in [3.8, 4) is 0 Å². The van der Waals surface area contributed by atoms with Crippen LogP contribution in [-0.4, -0.2) is 21.0 Å². The molecule has 20 heavy (non-hydrogen) atoms. The molecule has 0 aliphatic carbocycles. The fourth-order valence-electron chi connectivity index (χ4n) is 1.71. The molecule has 1 atom stereocenters. The minimum Gasteiger partial charge on any atom is -0.412 e. The van der Waals surface area contributed by atoms with Gasteiger partial charge in [0.25, 0.3) is 0 Å². The van der Waals surface area contributed by atoms with Gasteiger partial charge in [0.2, 0.25) is 0 Å². The molecule has 1 unspecified atom stereocenters. The van der Waals surface area contributed by atoms with Crippen molar-refractivity contribution in [2.24, 2.45) is 0 Å². The molecule has 0 fully saturated rings. The van der Waals surface area contributed by atoms with Gasteiger partial charge in [0.1, 0.15) is 0 Å². The number of benzene rings is 1. The Morgan fingerprint density at radius 1 is 1.10 bits per heavy atom. The summed E-state index contributed by atoms with van der Waals surface area (Å²) in [7, 11) is -1.70. The zero-order chi connectivity index (χ0) is 15.2. The Morgan fingerprint density at radius 2 is 1.70 bits per heavy atom. The lowest BCUT2D eigenvalue weighted by molar-refractivity contribution is 0.0328. The van der Waals surface area contributed by atoms with E-state index in [9.17, 15) is 0 Å². The number of rotatable bonds is 7. The van der Waals surface area contributed by atoms with E-state index in [0.29, 0.717) is 13.2 Å². The van der Waals surface area contributed by atoms with Crippen molar-refractivity contribution in [3.63, 3.8) is 0 Å². The summed E-state index contributed by atoms with van der Waals surface area (Å²) in [6.45, 7) is 14.9. The first-order valence-corrected chi connectivity index (χ1v) is 10.5. The minimum atomic E-state index is -1.70. The normalized spacial score (nSPS) is 14.3. The van der Waals surface area contributed by atoms with Crippen molar-refractivity contribution in [2.45, 2.75) is 65.0 Å². The van der Waals surface area contributed by atoms with Crippen molar-refractivity contribution in [1.82, 2.24) is 0 Å². The molecule has 1 aromatic rings. The molecule has 0 amide bonds. The van der Waals surface area contributed by atoms with E-state index in [1.807, 2.05) is 18.2 Å². The predicted octanol–water partition coefficient (Wildman–Crippen LogP) is 5.00. The minimum absolute atomic E-state index is 0.208. The standard InChI is InChI=1S/C17H30O2Si/c1-7-16(19-20(5,6)17(2,3)4)14-18-13-15-11-9-8-10-12-15/h8-12,16H,7,13-14H2,1-6H3. The first kappa shape index (κ1) is 17.4. The van der Waals surface area contributed by atoms with Crippen molar-refractivity contribution in [3.05, 3.63) is 35.9 Å². The van der Waals surface area contributed by atoms with E-state index in [4.69, 9.17) is 9.16 Å². The molecular formula is C17H30O2Si. The summed E-state index contributed by atoms with van der Waals surface area (Å²) in [5.41, 5.74) is 1.22. The van der Waals surface area contributed by atoms with E-state index in [-0.39, 0.29) is 11.1 Å². The Labute approximate surface area is 125 Å². The summed E-state index contributed by atoms with van der Waals surface area (Å²) in [5.74, 6) is 0. The second-order valence-corrected chi connectivity index (χ2v) is 11.7. The van der Waals surface area contributed by atoms with Crippen molar-refractivity contribution in [2.75, 3.05) is 6.61 Å². The van der Waals surface area contributed by atoms with Crippen LogP contribution in [-0.2, 0) is 15.8 Å². The maximum atomic E-state index is 6.40. The second kappa shape index (κ2) is 7.39. The third-order valence-electron chi connectivity index (χ3n) is 4.14.